The molecule has 0 bridgehead atoms. The lowest BCUT2D eigenvalue weighted by Gasteiger charge is -2.26. The number of hydrogen-bond acceptors (Lipinski definition) is 4. The van der Waals surface area contributed by atoms with Gasteiger partial charge in [0.25, 0.3) is 0 Å². The van der Waals surface area contributed by atoms with Gasteiger partial charge in [0.2, 0.25) is 5.28 Å². The van der Waals surface area contributed by atoms with E-state index >= 15 is 0 Å². The fraction of sp³-hybridized carbons (Fsp3) is 0.278. The van der Waals surface area contributed by atoms with E-state index in [1.165, 1.54) is 0 Å². The third-order valence-electron chi connectivity index (χ3n) is 3.77. The third kappa shape index (κ3) is 2.67. The van der Waals surface area contributed by atoms with Gasteiger partial charge < -0.3 is 9.05 Å². The van der Waals surface area contributed by atoms with Gasteiger partial charge >= 0.3 is 7.60 Å². The molecule has 0 aromatic heterocycles. The van der Waals surface area contributed by atoms with Crippen LogP contribution in [0.5, 0.6) is 0 Å². The number of benzene rings is 2. The largest absolute Gasteiger partial charge is 0.368 e. The Labute approximate surface area is 136 Å². The van der Waals surface area contributed by atoms with E-state index in [-0.39, 0.29) is 0 Å². The molecule has 0 N–H and O–H groups in total. The van der Waals surface area contributed by atoms with Crippen molar-refractivity contribution in [2.45, 2.75) is 19.1 Å². The standard InChI is InChI=1S/C18H20NO3P/c1-3-21-23(20,22-4-2)18(16-13-9-6-10-14-16)17(19-18)15-11-7-5-8-12-15/h5-14H,3-4H2,1-2H3. The minimum absolute atomic E-state index is 0.309. The molecular formula is C18H20NO3P. The van der Waals surface area contributed by atoms with Crippen molar-refractivity contribution in [3.8, 4) is 0 Å². The first kappa shape index (κ1) is 16.1. The highest BCUT2D eigenvalue weighted by Gasteiger charge is 2.65. The maximum absolute atomic E-state index is 13.5. The molecule has 4 nitrogen and oxygen atoms in total. The SMILES string of the molecule is CCOP(=O)(OCC)C1(c2ccccc2)N=C1c1ccccc1. The van der Waals surface area contributed by atoms with E-state index in [2.05, 4.69) is 4.99 Å². The lowest BCUT2D eigenvalue weighted by molar-refractivity contribution is 0.210. The molecule has 0 aliphatic carbocycles. The van der Waals surface area contributed by atoms with Crippen LogP contribution in [0.15, 0.2) is 65.7 Å². The molecule has 1 aliphatic heterocycles. The van der Waals surface area contributed by atoms with Crippen molar-refractivity contribution in [3.63, 3.8) is 0 Å². The van der Waals surface area contributed by atoms with Crippen LogP contribution in [0.4, 0.5) is 0 Å². The van der Waals surface area contributed by atoms with Crippen LogP contribution in [0.3, 0.4) is 0 Å². The van der Waals surface area contributed by atoms with Crippen LogP contribution in [0.2, 0.25) is 0 Å². The molecule has 0 spiro atoms. The monoisotopic (exact) mass is 329 g/mol. The van der Waals surface area contributed by atoms with E-state index in [0.29, 0.717) is 13.2 Å². The van der Waals surface area contributed by atoms with Gasteiger partial charge in [-0.1, -0.05) is 60.7 Å². The van der Waals surface area contributed by atoms with E-state index in [1.54, 1.807) is 0 Å². The third-order valence-corrected chi connectivity index (χ3v) is 6.33. The summed E-state index contributed by atoms with van der Waals surface area (Å²) < 4.78 is 24.8. The minimum Gasteiger partial charge on any atom is -0.307 e. The molecule has 1 aliphatic rings. The molecule has 3 rings (SSSR count). The fourth-order valence-corrected chi connectivity index (χ4v) is 4.98. The molecule has 23 heavy (non-hydrogen) atoms. The molecule has 1 unspecified atom stereocenters. The molecule has 0 saturated carbocycles. The fourth-order valence-electron chi connectivity index (χ4n) is 2.78. The summed E-state index contributed by atoms with van der Waals surface area (Å²) in [6.45, 7) is 4.25. The first-order chi connectivity index (χ1) is 11.2. The second-order valence-corrected chi connectivity index (χ2v) is 7.36. The van der Waals surface area contributed by atoms with Crippen molar-refractivity contribution in [3.05, 3.63) is 71.8 Å². The summed E-state index contributed by atoms with van der Waals surface area (Å²) in [5, 5.41) is -1.03. The Kier molecular flexibility index (Phi) is 4.49. The quantitative estimate of drug-likeness (QED) is 0.697. The molecule has 0 amide bonds. The van der Waals surface area contributed by atoms with Crippen LogP contribution in [-0.4, -0.2) is 18.9 Å². The summed E-state index contributed by atoms with van der Waals surface area (Å²) in [4.78, 5) is 4.64. The first-order valence-corrected chi connectivity index (χ1v) is 9.32. The topological polar surface area (TPSA) is 47.9 Å². The van der Waals surface area contributed by atoms with Crippen LogP contribution in [0.1, 0.15) is 25.0 Å². The van der Waals surface area contributed by atoms with E-state index in [4.69, 9.17) is 9.05 Å². The van der Waals surface area contributed by atoms with Crippen molar-refractivity contribution in [2.75, 3.05) is 13.2 Å². The van der Waals surface area contributed by atoms with Crippen LogP contribution in [0, 0.1) is 0 Å². The summed E-state index contributed by atoms with van der Waals surface area (Å²) in [5.74, 6) is 0. The summed E-state index contributed by atoms with van der Waals surface area (Å²) in [6.07, 6.45) is 0. The van der Waals surface area contributed by atoms with Gasteiger partial charge in [-0.15, -0.1) is 0 Å². The summed E-state index contributed by atoms with van der Waals surface area (Å²) in [7, 11) is -3.46. The van der Waals surface area contributed by atoms with Gasteiger partial charge in [-0.3, -0.25) is 9.56 Å². The van der Waals surface area contributed by atoms with E-state index in [1.807, 2.05) is 74.5 Å². The van der Waals surface area contributed by atoms with Gasteiger partial charge in [0.1, 0.15) is 0 Å². The molecule has 1 heterocycles. The highest BCUT2D eigenvalue weighted by Crippen LogP contribution is 2.72. The van der Waals surface area contributed by atoms with Gasteiger partial charge in [-0.05, 0) is 25.0 Å². The Hall–Kier alpha value is -1.74. The second kappa shape index (κ2) is 6.40. The van der Waals surface area contributed by atoms with Crippen LogP contribution in [-0.2, 0) is 18.9 Å². The molecule has 5 heteroatoms. The molecule has 0 radical (unpaired) electrons. The van der Waals surface area contributed by atoms with Crippen molar-refractivity contribution in [1.29, 1.82) is 0 Å². The van der Waals surface area contributed by atoms with Crippen LogP contribution >= 0.6 is 7.60 Å². The molecule has 120 valence electrons. The Balaban J connectivity index is 2.09. The molecule has 0 fully saturated rings. The maximum Gasteiger partial charge on any atom is 0.368 e. The zero-order chi connectivity index (χ0) is 16.3. The van der Waals surface area contributed by atoms with Crippen LogP contribution in [0.25, 0.3) is 0 Å². The van der Waals surface area contributed by atoms with Crippen molar-refractivity contribution < 1.29 is 13.6 Å². The van der Waals surface area contributed by atoms with Gasteiger partial charge in [-0.2, -0.15) is 0 Å². The molecule has 2 aromatic carbocycles. The highest BCUT2D eigenvalue weighted by atomic mass is 31.2. The molecule has 1 atom stereocenters. The Morgan fingerprint density at radius 2 is 1.43 bits per heavy atom. The Morgan fingerprint density at radius 3 is 1.96 bits per heavy atom. The highest BCUT2D eigenvalue weighted by molar-refractivity contribution is 7.57. The van der Waals surface area contributed by atoms with Crippen molar-refractivity contribution in [2.24, 2.45) is 4.99 Å². The van der Waals surface area contributed by atoms with Crippen molar-refractivity contribution >= 4 is 13.3 Å². The Bertz CT molecular complexity index is 735. The smallest absolute Gasteiger partial charge is 0.307 e. The van der Waals surface area contributed by atoms with Crippen LogP contribution < -0.4 is 0 Å². The van der Waals surface area contributed by atoms with E-state index in [0.717, 1.165) is 16.8 Å². The number of rotatable bonds is 7. The van der Waals surface area contributed by atoms with Gasteiger partial charge in [0.15, 0.2) is 0 Å². The predicted octanol–water partition coefficient (Wildman–Crippen LogP) is 4.61. The molecular weight excluding hydrogens is 309 g/mol. The zero-order valence-corrected chi connectivity index (χ0v) is 14.2. The Morgan fingerprint density at radius 1 is 0.913 bits per heavy atom. The number of aliphatic imine (C=N–C) groups is 1. The zero-order valence-electron chi connectivity index (χ0n) is 13.3. The summed E-state index contributed by atoms with van der Waals surface area (Å²) in [6, 6.07) is 19.4. The lowest BCUT2D eigenvalue weighted by atomic mass is 10.0. The maximum atomic E-state index is 13.5. The van der Waals surface area contributed by atoms with Gasteiger partial charge in [-0.25, -0.2) is 0 Å². The predicted molar refractivity (Wildman–Crippen MR) is 92.0 cm³/mol. The lowest BCUT2D eigenvalue weighted by Crippen LogP contribution is -2.21. The molecule has 2 aromatic rings. The minimum atomic E-state index is -3.46. The average molecular weight is 329 g/mol. The number of hydrogen-bond donors (Lipinski definition) is 0. The summed E-state index contributed by atoms with van der Waals surface area (Å²) in [5.41, 5.74) is 2.54. The molecule has 0 saturated heterocycles. The average Bonchev–Trinajstić information content (AvgIpc) is 3.35. The van der Waals surface area contributed by atoms with E-state index < -0.39 is 12.9 Å². The van der Waals surface area contributed by atoms with E-state index in [9.17, 15) is 4.57 Å². The number of nitrogens with zero attached hydrogens (tertiary/aromatic N) is 1. The van der Waals surface area contributed by atoms with Crippen molar-refractivity contribution in [1.82, 2.24) is 0 Å². The van der Waals surface area contributed by atoms with Gasteiger partial charge in [0, 0.05) is 0 Å². The first-order valence-electron chi connectivity index (χ1n) is 7.78. The second-order valence-electron chi connectivity index (χ2n) is 5.20. The van der Waals surface area contributed by atoms with Gasteiger partial charge in [0.05, 0.1) is 18.9 Å². The summed E-state index contributed by atoms with van der Waals surface area (Å²) >= 11 is 0. The normalized spacial score (nSPS) is 20.2.